The summed E-state index contributed by atoms with van der Waals surface area (Å²) in [6.45, 7) is 4.05. The number of hydrogen-bond acceptors (Lipinski definition) is 3. The minimum absolute atomic E-state index is 0.226. The first kappa shape index (κ1) is 16.8. The first-order valence-corrected chi connectivity index (χ1v) is 8.29. The van der Waals surface area contributed by atoms with Crippen molar-refractivity contribution in [2.45, 2.75) is 39.2 Å². The van der Waals surface area contributed by atoms with Gasteiger partial charge in [0.25, 0.3) is 0 Å². The highest BCUT2D eigenvalue weighted by atomic mass is 16.6. The summed E-state index contributed by atoms with van der Waals surface area (Å²) in [5.74, 6) is 0.989. The monoisotopic (exact) mass is 305 g/mol. The second-order valence-electron chi connectivity index (χ2n) is 6.15. The molecule has 4 nitrogen and oxygen atoms in total. The molecule has 1 aromatic rings. The molecule has 1 saturated carbocycles. The van der Waals surface area contributed by atoms with Gasteiger partial charge in [0.2, 0.25) is 0 Å². The number of carbonyl (C=O) groups excluding carboxylic acids is 1. The summed E-state index contributed by atoms with van der Waals surface area (Å²) in [7, 11) is 0. The summed E-state index contributed by atoms with van der Waals surface area (Å²) >= 11 is 0. The lowest BCUT2D eigenvalue weighted by Crippen LogP contribution is -2.37. The van der Waals surface area contributed by atoms with Crippen LogP contribution in [0.5, 0.6) is 0 Å². The summed E-state index contributed by atoms with van der Waals surface area (Å²) in [6, 6.07) is 9.76. The van der Waals surface area contributed by atoms with E-state index in [1.807, 2.05) is 37.3 Å². The third-order valence-corrected chi connectivity index (χ3v) is 4.55. The molecule has 0 unspecified atom stereocenters. The number of rotatable bonds is 6. The van der Waals surface area contributed by atoms with Gasteiger partial charge in [0.1, 0.15) is 6.61 Å². The van der Waals surface area contributed by atoms with E-state index in [2.05, 4.69) is 0 Å². The molecule has 1 fully saturated rings. The lowest BCUT2D eigenvalue weighted by atomic mass is 9.82. The first-order chi connectivity index (χ1) is 10.7. The predicted octanol–water partition coefficient (Wildman–Crippen LogP) is 3.44. The zero-order valence-corrected chi connectivity index (χ0v) is 13.4. The summed E-state index contributed by atoms with van der Waals surface area (Å²) in [6.07, 6.45) is 4.09. The van der Waals surface area contributed by atoms with Crippen LogP contribution < -0.4 is 0 Å². The summed E-state index contributed by atoms with van der Waals surface area (Å²) in [4.78, 5) is 14.0. The van der Waals surface area contributed by atoms with Gasteiger partial charge in [0.05, 0.1) is 0 Å². The van der Waals surface area contributed by atoms with Gasteiger partial charge >= 0.3 is 6.09 Å². The van der Waals surface area contributed by atoms with Crippen molar-refractivity contribution in [3.63, 3.8) is 0 Å². The summed E-state index contributed by atoms with van der Waals surface area (Å²) in [5, 5.41) is 9.19. The standard InChI is InChI=1S/C18H27NO3/c1-2-19(12-15-8-10-16(13-20)11-9-15)18(21)22-14-17-6-4-3-5-7-17/h3-7,15-16,20H,2,8-14H2,1H3. The maximum Gasteiger partial charge on any atom is 0.410 e. The quantitative estimate of drug-likeness (QED) is 0.876. The Kier molecular flexibility index (Phi) is 6.72. The van der Waals surface area contributed by atoms with Gasteiger partial charge in [-0.25, -0.2) is 4.79 Å². The van der Waals surface area contributed by atoms with E-state index in [1.165, 1.54) is 0 Å². The minimum Gasteiger partial charge on any atom is -0.445 e. The molecule has 0 spiro atoms. The molecule has 2 rings (SSSR count). The van der Waals surface area contributed by atoms with Crippen LogP contribution in [0.25, 0.3) is 0 Å². The van der Waals surface area contributed by atoms with E-state index < -0.39 is 0 Å². The van der Waals surface area contributed by atoms with Crippen LogP contribution in [0.3, 0.4) is 0 Å². The molecular weight excluding hydrogens is 278 g/mol. The molecule has 1 N–H and O–H groups in total. The van der Waals surface area contributed by atoms with Crippen molar-refractivity contribution in [1.29, 1.82) is 0 Å². The van der Waals surface area contributed by atoms with Crippen LogP contribution in [0, 0.1) is 11.8 Å². The fourth-order valence-electron chi connectivity index (χ4n) is 3.05. The molecule has 4 heteroatoms. The normalized spacial score (nSPS) is 21.4. The molecule has 1 aromatic carbocycles. The third-order valence-electron chi connectivity index (χ3n) is 4.55. The minimum atomic E-state index is -0.226. The van der Waals surface area contributed by atoms with Crippen LogP contribution in [0.2, 0.25) is 0 Å². The number of ether oxygens (including phenoxy) is 1. The molecule has 22 heavy (non-hydrogen) atoms. The van der Waals surface area contributed by atoms with E-state index in [4.69, 9.17) is 4.74 Å². The van der Waals surface area contributed by atoms with Crippen LogP contribution in [0.15, 0.2) is 30.3 Å². The Morgan fingerprint density at radius 2 is 1.82 bits per heavy atom. The van der Waals surface area contributed by atoms with Gasteiger partial charge in [-0.1, -0.05) is 30.3 Å². The van der Waals surface area contributed by atoms with Crippen LogP contribution in [-0.2, 0) is 11.3 Å². The van der Waals surface area contributed by atoms with E-state index in [1.54, 1.807) is 4.90 Å². The summed E-state index contributed by atoms with van der Waals surface area (Å²) in [5.41, 5.74) is 1.01. The van der Waals surface area contributed by atoms with Crippen LogP contribution in [0.4, 0.5) is 4.79 Å². The fraction of sp³-hybridized carbons (Fsp3) is 0.611. The van der Waals surface area contributed by atoms with Crippen molar-refractivity contribution in [1.82, 2.24) is 4.90 Å². The Morgan fingerprint density at radius 3 is 2.41 bits per heavy atom. The highest BCUT2D eigenvalue weighted by Gasteiger charge is 2.24. The highest BCUT2D eigenvalue weighted by molar-refractivity contribution is 5.67. The molecule has 1 amide bonds. The first-order valence-electron chi connectivity index (χ1n) is 8.29. The SMILES string of the molecule is CCN(CC1CCC(CO)CC1)C(=O)OCc1ccccc1. The maximum atomic E-state index is 12.2. The van der Waals surface area contributed by atoms with E-state index >= 15 is 0 Å². The van der Waals surface area contributed by atoms with Crippen LogP contribution in [0.1, 0.15) is 38.2 Å². The lowest BCUT2D eigenvalue weighted by molar-refractivity contribution is 0.0843. The highest BCUT2D eigenvalue weighted by Crippen LogP contribution is 2.29. The topological polar surface area (TPSA) is 49.8 Å². The molecule has 0 aromatic heterocycles. The van der Waals surface area contributed by atoms with E-state index in [-0.39, 0.29) is 6.09 Å². The van der Waals surface area contributed by atoms with Gasteiger partial charge in [-0.05, 0) is 50.0 Å². The van der Waals surface area contributed by atoms with Crippen molar-refractivity contribution >= 4 is 6.09 Å². The van der Waals surface area contributed by atoms with Crippen molar-refractivity contribution in [3.05, 3.63) is 35.9 Å². The maximum absolute atomic E-state index is 12.2. The molecular formula is C18H27NO3. The molecule has 0 saturated heterocycles. The molecule has 1 aliphatic rings. The molecule has 1 aliphatic carbocycles. The molecule has 0 radical (unpaired) electrons. The lowest BCUT2D eigenvalue weighted by Gasteiger charge is -2.31. The Labute approximate surface area is 133 Å². The number of carbonyl (C=O) groups is 1. The number of hydrogen-bond donors (Lipinski definition) is 1. The molecule has 0 bridgehead atoms. The molecule has 0 atom stereocenters. The van der Waals surface area contributed by atoms with Gasteiger partial charge in [-0.3, -0.25) is 0 Å². The van der Waals surface area contributed by atoms with Crippen LogP contribution in [-0.4, -0.2) is 35.8 Å². The number of amides is 1. The van der Waals surface area contributed by atoms with Gasteiger partial charge in [0.15, 0.2) is 0 Å². The summed E-state index contributed by atoms with van der Waals surface area (Å²) < 4.78 is 5.41. The molecule has 0 aliphatic heterocycles. The van der Waals surface area contributed by atoms with Gasteiger partial charge in [-0.15, -0.1) is 0 Å². The molecule has 122 valence electrons. The second-order valence-corrected chi connectivity index (χ2v) is 6.15. The number of benzene rings is 1. The average molecular weight is 305 g/mol. The Hall–Kier alpha value is -1.55. The Morgan fingerprint density at radius 1 is 1.18 bits per heavy atom. The smallest absolute Gasteiger partial charge is 0.410 e. The Bertz CT molecular complexity index is 441. The largest absolute Gasteiger partial charge is 0.445 e. The number of nitrogens with zero attached hydrogens (tertiary/aromatic N) is 1. The zero-order valence-electron chi connectivity index (χ0n) is 13.4. The van der Waals surface area contributed by atoms with Gasteiger partial charge in [0, 0.05) is 19.7 Å². The number of aliphatic hydroxyl groups excluding tert-OH is 1. The van der Waals surface area contributed by atoms with E-state index in [0.717, 1.165) is 37.8 Å². The van der Waals surface area contributed by atoms with Gasteiger partial charge < -0.3 is 14.7 Å². The second kappa shape index (κ2) is 8.79. The average Bonchev–Trinajstić information content (AvgIpc) is 2.59. The van der Waals surface area contributed by atoms with E-state index in [0.29, 0.717) is 31.6 Å². The van der Waals surface area contributed by atoms with Crippen molar-refractivity contribution in [2.24, 2.45) is 11.8 Å². The van der Waals surface area contributed by atoms with Crippen molar-refractivity contribution in [3.8, 4) is 0 Å². The number of aliphatic hydroxyl groups is 1. The van der Waals surface area contributed by atoms with Crippen molar-refractivity contribution < 1.29 is 14.6 Å². The fourth-order valence-corrected chi connectivity index (χ4v) is 3.05. The van der Waals surface area contributed by atoms with Crippen molar-refractivity contribution in [2.75, 3.05) is 19.7 Å². The van der Waals surface area contributed by atoms with Crippen LogP contribution >= 0.6 is 0 Å². The van der Waals surface area contributed by atoms with Gasteiger partial charge in [-0.2, -0.15) is 0 Å². The zero-order chi connectivity index (χ0) is 15.8. The Balaban J connectivity index is 1.77. The third kappa shape index (κ3) is 5.02. The molecule has 0 heterocycles. The predicted molar refractivity (Wildman–Crippen MR) is 86.4 cm³/mol. The van der Waals surface area contributed by atoms with E-state index in [9.17, 15) is 9.90 Å².